The van der Waals surface area contributed by atoms with Crippen LogP contribution in [0.5, 0.6) is 0 Å². The lowest BCUT2D eigenvalue weighted by Gasteiger charge is -2.04. The van der Waals surface area contributed by atoms with E-state index in [2.05, 4.69) is 26.0 Å². The number of allylic oxidation sites excluding steroid dienone is 2. The number of carbonyl (C=O) groups is 1. The molecule has 0 spiro atoms. The fourth-order valence-corrected chi connectivity index (χ4v) is 2.38. The molecule has 0 bridgehead atoms. The highest BCUT2D eigenvalue weighted by atomic mass is 32.2. The molecular weight excluding hydrogens is 228 g/mol. The van der Waals surface area contributed by atoms with Crippen molar-refractivity contribution in [3.63, 3.8) is 0 Å². The molecule has 0 fully saturated rings. The lowest BCUT2D eigenvalue weighted by Crippen LogP contribution is -1.93. The van der Waals surface area contributed by atoms with Crippen molar-refractivity contribution in [3.8, 4) is 0 Å². The van der Waals surface area contributed by atoms with Gasteiger partial charge in [0.25, 0.3) is 0 Å². The fourth-order valence-electron chi connectivity index (χ4n) is 1.45. The average Bonchev–Trinajstić information content (AvgIpc) is 2.36. The molecule has 1 aromatic rings. The van der Waals surface area contributed by atoms with E-state index >= 15 is 0 Å². The molecule has 0 radical (unpaired) electrons. The van der Waals surface area contributed by atoms with Gasteiger partial charge in [-0.15, -0.1) is 0 Å². The Kier molecular flexibility index (Phi) is 6.71. The number of hydrogen-bond acceptors (Lipinski definition) is 2. The van der Waals surface area contributed by atoms with E-state index in [4.69, 9.17) is 0 Å². The zero-order valence-electron chi connectivity index (χ0n) is 10.6. The summed E-state index contributed by atoms with van der Waals surface area (Å²) in [6, 6.07) is 10.2. The molecule has 0 aromatic heterocycles. The summed E-state index contributed by atoms with van der Waals surface area (Å²) in [6.07, 6.45) is 5.47. The predicted molar refractivity (Wildman–Crippen MR) is 75.2 cm³/mol. The summed E-state index contributed by atoms with van der Waals surface area (Å²) >= 11 is 1.69. The molecule has 92 valence electrons. The van der Waals surface area contributed by atoms with Gasteiger partial charge in [0, 0.05) is 11.3 Å². The summed E-state index contributed by atoms with van der Waals surface area (Å²) in [5.74, 6) is 0.257. The van der Waals surface area contributed by atoms with Crippen molar-refractivity contribution in [2.75, 3.05) is 0 Å². The van der Waals surface area contributed by atoms with Crippen LogP contribution in [-0.4, -0.2) is 5.78 Å². The van der Waals surface area contributed by atoms with E-state index in [1.54, 1.807) is 11.8 Å². The Morgan fingerprint density at radius 2 is 1.94 bits per heavy atom. The summed E-state index contributed by atoms with van der Waals surface area (Å²) < 4.78 is 0. The third-order valence-corrected chi connectivity index (χ3v) is 3.62. The normalized spacial score (nSPS) is 11.5. The minimum Gasteiger partial charge on any atom is -0.295 e. The van der Waals surface area contributed by atoms with Gasteiger partial charge in [0.05, 0.1) is 0 Å². The molecule has 0 N–H and O–H groups in total. The zero-order valence-corrected chi connectivity index (χ0v) is 11.4. The maximum Gasteiger partial charge on any atom is 0.156 e. The number of unbranched alkanes of at least 4 members (excludes halogenated alkanes) is 1. The van der Waals surface area contributed by atoms with Crippen molar-refractivity contribution in [1.29, 1.82) is 0 Å². The summed E-state index contributed by atoms with van der Waals surface area (Å²) in [5.41, 5.74) is 0. The van der Waals surface area contributed by atoms with Gasteiger partial charge in [-0.3, -0.25) is 4.79 Å². The van der Waals surface area contributed by atoms with E-state index in [-0.39, 0.29) is 5.78 Å². The number of carbonyl (C=O) groups excluding carboxylic acids is 1. The molecule has 0 saturated heterocycles. The highest BCUT2D eigenvalue weighted by Crippen LogP contribution is 2.28. The summed E-state index contributed by atoms with van der Waals surface area (Å²) in [7, 11) is 0. The van der Waals surface area contributed by atoms with Gasteiger partial charge in [-0.25, -0.2) is 0 Å². The molecule has 0 aliphatic heterocycles. The van der Waals surface area contributed by atoms with E-state index < -0.39 is 0 Å². The first-order valence-electron chi connectivity index (χ1n) is 6.22. The van der Waals surface area contributed by atoms with Gasteiger partial charge in [0.15, 0.2) is 5.78 Å². The SMILES string of the molecule is CCCCC(=O)/C=C(/CC)Sc1ccccc1. The van der Waals surface area contributed by atoms with Crippen LogP contribution in [0.25, 0.3) is 0 Å². The maximum atomic E-state index is 11.7. The van der Waals surface area contributed by atoms with Gasteiger partial charge in [-0.2, -0.15) is 0 Å². The molecule has 0 atom stereocenters. The first-order valence-corrected chi connectivity index (χ1v) is 7.04. The third-order valence-electron chi connectivity index (χ3n) is 2.44. The minimum atomic E-state index is 0.257. The van der Waals surface area contributed by atoms with Crippen LogP contribution in [-0.2, 0) is 4.79 Å². The van der Waals surface area contributed by atoms with Gasteiger partial charge in [0.2, 0.25) is 0 Å². The molecule has 0 saturated carbocycles. The average molecular weight is 248 g/mol. The van der Waals surface area contributed by atoms with Gasteiger partial charge in [-0.05, 0) is 36.0 Å². The molecule has 0 unspecified atom stereocenters. The van der Waals surface area contributed by atoms with Gasteiger partial charge in [-0.1, -0.05) is 50.2 Å². The first kappa shape index (κ1) is 14.0. The largest absolute Gasteiger partial charge is 0.295 e. The Balaban J connectivity index is 2.59. The van der Waals surface area contributed by atoms with Crippen LogP contribution in [0.15, 0.2) is 46.2 Å². The molecule has 1 aromatic carbocycles. The van der Waals surface area contributed by atoms with Crippen molar-refractivity contribution in [1.82, 2.24) is 0 Å². The van der Waals surface area contributed by atoms with Crippen molar-refractivity contribution >= 4 is 17.5 Å². The van der Waals surface area contributed by atoms with Crippen LogP contribution in [0.1, 0.15) is 39.5 Å². The van der Waals surface area contributed by atoms with Crippen molar-refractivity contribution < 1.29 is 4.79 Å². The van der Waals surface area contributed by atoms with Crippen LogP contribution in [0.4, 0.5) is 0 Å². The highest BCUT2D eigenvalue weighted by molar-refractivity contribution is 8.03. The minimum absolute atomic E-state index is 0.257. The topological polar surface area (TPSA) is 17.1 Å². The van der Waals surface area contributed by atoms with E-state index in [0.29, 0.717) is 6.42 Å². The highest BCUT2D eigenvalue weighted by Gasteiger charge is 2.02. The molecule has 1 rings (SSSR count). The number of benzene rings is 1. The van der Waals surface area contributed by atoms with E-state index in [9.17, 15) is 4.79 Å². The summed E-state index contributed by atoms with van der Waals surface area (Å²) in [5, 5.41) is 0. The van der Waals surface area contributed by atoms with Crippen LogP contribution < -0.4 is 0 Å². The van der Waals surface area contributed by atoms with Crippen LogP contribution in [0.2, 0.25) is 0 Å². The molecular formula is C15H20OS. The van der Waals surface area contributed by atoms with Gasteiger partial charge < -0.3 is 0 Å². The smallest absolute Gasteiger partial charge is 0.156 e. The summed E-state index contributed by atoms with van der Waals surface area (Å²) in [6.45, 7) is 4.20. The molecule has 0 amide bonds. The second kappa shape index (κ2) is 8.13. The number of ketones is 1. The Hall–Kier alpha value is -1.02. The van der Waals surface area contributed by atoms with Gasteiger partial charge >= 0.3 is 0 Å². The second-order valence-corrected chi connectivity index (χ2v) is 5.15. The molecule has 0 aliphatic rings. The van der Waals surface area contributed by atoms with Crippen LogP contribution >= 0.6 is 11.8 Å². The molecule has 0 heterocycles. The van der Waals surface area contributed by atoms with Crippen molar-refractivity contribution in [3.05, 3.63) is 41.3 Å². The monoisotopic (exact) mass is 248 g/mol. The third kappa shape index (κ3) is 5.73. The Bertz CT molecular complexity index is 368. The quantitative estimate of drug-likeness (QED) is 0.507. The Morgan fingerprint density at radius 1 is 1.24 bits per heavy atom. The molecule has 2 heteroatoms. The lowest BCUT2D eigenvalue weighted by molar-refractivity contribution is -0.114. The number of hydrogen-bond donors (Lipinski definition) is 0. The fraction of sp³-hybridized carbons (Fsp3) is 0.400. The predicted octanol–water partition coefficient (Wildman–Crippen LogP) is 4.83. The number of thioether (sulfide) groups is 1. The summed E-state index contributed by atoms with van der Waals surface area (Å²) in [4.78, 5) is 14.0. The van der Waals surface area contributed by atoms with Crippen LogP contribution in [0, 0.1) is 0 Å². The number of rotatable bonds is 7. The molecule has 17 heavy (non-hydrogen) atoms. The van der Waals surface area contributed by atoms with Crippen molar-refractivity contribution in [2.45, 2.75) is 44.4 Å². The lowest BCUT2D eigenvalue weighted by atomic mass is 10.2. The Morgan fingerprint density at radius 3 is 2.53 bits per heavy atom. The molecule has 0 aliphatic carbocycles. The maximum absolute atomic E-state index is 11.7. The van der Waals surface area contributed by atoms with Crippen LogP contribution in [0.3, 0.4) is 0 Å². The standard InChI is InChI=1S/C15H20OS/c1-3-5-9-13(16)12-14(4-2)17-15-10-7-6-8-11-15/h6-8,10-12H,3-5,9H2,1-2H3/b14-12-. The van der Waals surface area contributed by atoms with E-state index in [1.807, 2.05) is 24.3 Å². The van der Waals surface area contributed by atoms with E-state index in [1.165, 1.54) is 4.90 Å². The van der Waals surface area contributed by atoms with Gasteiger partial charge in [0.1, 0.15) is 0 Å². The first-order chi connectivity index (χ1) is 8.26. The van der Waals surface area contributed by atoms with E-state index in [0.717, 1.165) is 24.2 Å². The molecule has 1 nitrogen and oxygen atoms in total. The Labute approximate surface area is 108 Å². The zero-order chi connectivity index (χ0) is 12.5. The van der Waals surface area contributed by atoms with Crippen molar-refractivity contribution in [2.24, 2.45) is 0 Å². The second-order valence-electron chi connectivity index (χ2n) is 3.95.